The predicted octanol–water partition coefficient (Wildman–Crippen LogP) is 5.43. The molecule has 0 radical (unpaired) electrons. The van der Waals surface area contributed by atoms with Crippen LogP contribution in [0.1, 0.15) is 10.4 Å². The van der Waals surface area contributed by atoms with Gasteiger partial charge in [0.2, 0.25) is 5.89 Å². The van der Waals surface area contributed by atoms with E-state index in [4.69, 9.17) is 37.7 Å². The average Bonchev–Trinajstić information content (AvgIpc) is 3.21. The van der Waals surface area contributed by atoms with E-state index in [0.717, 1.165) is 0 Å². The van der Waals surface area contributed by atoms with E-state index in [9.17, 15) is 9.18 Å². The lowest BCUT2D eigenvalue weighted by atomic mass is 10.1. The van der Waals surface area contributed by atoms with E-state index in [2.05, 4.69) is 15.6 Å². The van der Waals surface area contributed by atoms with Crippen molar-refractivity contribution < 1.29 is 23.1 Å². The van der Waals surface area contributed by atoms with E-state index < -0.39 is 11.7 Å². The van der Waals surface area contributed by atoms with Crippen molar-refractivity contribution in [3.05, 3.63) is 71.0 Å². The third kappa shape index (κ3) is 4.74. The molecule has 4 rings (SSSR count). The minimum absolute atomic E-state index is 0.0672. The highest BCUT2D eigenvalue weighted by Crippen LogP contribution is 2.31. The van der Waals surface area contributed by atoms with Gasteiger partial charge in [0.1, 0.15) is 28.4 Å². The molecule has 0 aliphatic rings. The standard InChI is InChI=1S/C23H17ClFN3O4S/c1-30-18-4-3-5-19(31-2)20(18)21(29)28-23(33)26-13-7-9-17-16(11-13)27-22(32-17)14-8-6-12(25)10-15(14)24/h3-11H,1-2H3,(H2,26,28,29,33). The van der Waals surface area contributed by atoms with Crippen molar-refractivity contribution in [2.75, 3.05) is 19.5 Å². The van der Waals surface area contributed by atoms with Crippen molar-refractivity contribution in [3.8, 4) is 23.0 Å². The second-order valence-electron chi connectivity index (χ2n) is 6.77. The minimum Gasteiger partial charge on any atom is -0.496 e. The Kier molecular flexibility index (Phi) is 6.43. The Bertz CT molecular complexity index is 1350. The van der Waals surface area contributed by atoms with E-state index in [1.54, 1.807) is 36.4 Å². The molecule has 0 bridgehead atoms. The highest BCUT2D eigenvalue weighted by Gasteiger charge is 2.19. The molecule has 0 saturated carbocycles. The summed E-state index contributed by atoms with van der Waals surface area (Å²) in [7, 11) is 2.92. The number of carbonyl (C=O) groups is 1. The van der Waals surface area contributed by atoms with Crippen LogP contribution >= 0.6 is 23.8 Å². The largest absolute Gasteiger partial charge is 0.496 e. The maximum atomic E-state index is 13.3. The number of carbonyl (C=O) groups excluding carboxylic acids is 1. The molecule has 33 heavy (non-hydrogen) atoms. The molecule has 1 amide bonds. The van der Waals surface area contributed by atoms with Gasteiger partial charge in [0.15, 0.2) is 10.7 Å². The molecule has 0 spiro atoms. The van der Waals surface area contributed by atoms with Gasteiger partial charge < -0.3 is 19.2 Å². The van der Waals surface area contributed by atoms with Gasteiger partial charge in [-0.05, 0) is 60.7 Å². The second-order valence-corrected chi connectivity index (χ2v) is 7.59. The van der Waals surface area contributed by atoms with Gasteiger partial charge in [-0.2, -0.15) is 0 Å². The zero-order valence-corrected chi connectivity index (χ0v) is 19.0. The summed E-state index contributed by atoms with van der Waals surface area (Å²) >= 11 is 11.4. The van der Waals surface area contributed by atoms with Gasteiger partial charge in [-0.1, -0.05) is 17.7 Å². The molecular formula is C23H17ClFN3O4S. The Morgan fingerprint density at radius 1 is 1.09 bits per heavy atom. The van der Waals surface area contributed by atoms with E-state index in [1.165, 1.54) is 32.4 Å². The number of hydrogen-bond donors (Lipinski definition) is 2. The van der Waals surface area contributed by atoms with Crippen LogP contribution in [-0.4, -0.2) is 30.2 Å². The van der Waals surface area contributed by atoms with Gasteiger partial charge >= 0.3 is 0 Å². The van der Waals surface area contributed by atoms with Crippen molar-refractivity contribution in [2.24, 2.45) is 0 Å². The Morgan fingerprint density at radius 2 is 1.82 bits per heavy atom. The molecule has 1 aromatic heterocycles. The molecule has 0 unspecified atom stereocenters. The molecule has 0 aliphatic heterocycles. The first-order chi connectivity index (χ1) is 15.9. The highest BCUT2D eigenvalue weighted by molar-refractivity contribution is 7.80. The minimum atomic E-state index is -0.488. The van der Waals surface area contributed by atoms with Crippen LogP contribution in [0.3, 0.4) is 0 Å². The molecule has 3 aromatic carbocycles. The van der Waals surface area contributed by atoms with Gasteiger partial charge in [0, 0.05) is 5.69 Å². The third-order valence-electron chi connectivity index (χ3n) is 4.69. The number of rotatable bonds is 5. The smallest absolute Gasteiger partial charge is 0.264 e. The van der Waals surface area contributed by atoms with Crippen LogP contribution in [0.2, 0.25) is 5.02 Å². The lowest BCUT2D eigenvalue weighted by molar-refractivity contribution is 0.0971. The molecule has 10 heteroatoms. The topological polar surface area (TPSA) is 85.6 Å². The fraction of sp³-hybridized carbons (Fsp3) is 0.0870. The summed E-state index contributed by atoms with van der Waals surface area (Å²) in [5, 5.41) is 5.81. The van der Waals surface area contributed by atoms with Crippen LogP contribution in [-0.2, 0) is 0 Å². The summed E-state index contributed by atoms with van der Waals surface area (Å²) in [4.78, 5) is 17.2. The molecule has 4 aromatic rings. The number of halogens is 2. The summed E-state index contributed by atoms with van der Waals surface area (Å²) in [6, 6.07) is 14.1. The summed E-state index contributed by atoms with van der Waals surface area (Å²) < 4.78 is 29.6. The molecule has 0 fully saturated rings. The summed E-state index contributed by atoms with van der Waals surface area (Å²) in [6.07, 6.45) is 0. The van der Waals surface area contributed by atoms with Crippen molar-refractivity contribution in [2.45, 2.75) is 0 Å². The van der Waals surface area contributed by atoms with Crippen molar-refractivity contribution >= 4 is 51.6 Å². The van der Waals surface area contributed by atoms with Gasteiger partial charge in [-0.3, -0.25) is 10.1 Å². The lowest BCUT2D eigenvalue weighted by Crippen LogP contribution is -2.34. The van der Waals surface area contributed by atoms with E-state index in [0.29, 0.717) is 33.8 Å². The van der Waals surface area contributed by atoms with Crippen molar-refractivity contribution in [3.63, 3.8) is 0 Å². The monoisotopic (exact) mass is 485 g/mol. The first kappa shape index (κ1) is 22.5. The molecule has 2 N–H and O–H groups in total. The number of methoxy groups -OCH3 is 2. The Morgan fingerprint density at radius 3 is 2.48 bits per heavy atom. The molecule has 0 aliphatic carbocycles. The molecule has 0 atom stereocenters. The van der Waals surface area contributed by atoms with E-state index in [1.807, 2.05) is 0 Å². The third-order valence-corrected chi connectivity index (χ3v) is 5.21. The van der Waals surface area contributed by atoms with Gasteiger partial charge in [0.05, 0.1) is 24.8 Å². The maximum Gasteiger partial charge on any atom is 0.264 e. The van der Waals surface area contributed by atoms with E-state index >= 15 is 0 Å². The summed E-state index contributed by atoms with van der Waals surface area (Å²) in [5.74, 6) is 0.0211. The van der Waals surface area contributed by atoms with Crippen LogP contribution in [0.4, 0.5) is 10.1 Å². The first-order valence-corrected chi connectivity index (χ1v) is 10.4. The Balaban J connectivity index is 1.52. The van der Waals surface area contributed by atoms with Gasteiger partial charge in [-0.15, -0.1) is 0 Å². The van der Waals surface area contributed by atoms with Crippen molar-refractivity contribution in [1.82, 2.24) is 10.3 Å². The highest BCUT2D eigenvalue weighted by atomic mass is 35.5. The number of hydrogen-bond acceptors (Lipinski definition) is 6. The van der Waals surface area contributed by atoms with Crippen LogP contribution in [0.15, 0.2) is 59.0 Å². The maximum absolute atomic E-state index is 13.3. The zero-order chi connectivity index (χ0) is 23.5. The number of thiocarbonyl (C=S) groups is 1. The number of fused-ring (bicyclic) bond motifs is 1. The Labute approximate surface area is 198 Å². The SMILES string of the molecule is COc1cccc(OC)c1C(=O)NC(=S)Nc1ccc2oc(-c3ccc(F)cc3Cl)nc2c1. The molecule has 168 valence electrons. The number of amides is 1. The molecule has 1 heterocycles. The quantitative estimate of drug-likeness (QED) is 0.364. The van der Waals surface area contributed by atoms with Gasteiger partial charge in [0.25, 0.3) is 5.91 Å². The number of oxazole rings is 1. The van der Waals surface area contributed by atoms with Crippen molar-refractivity contribution in [1.29, 1.82) is 0 Å². The predicted molar refractivity (Wildman–Crippen MR) is 128 cm³/mol. The summed E-state index contributed by atoms with van der Waals surface area (Å²) in [5.41, 5.74) is 2.29. The number of ether oxygens (including phenoxy) is 2. The molecular weight excluding hydrogens is 469 g/mol. The lowest BCUT2D eigenvalue weighted by Gasteiger charge is -2.14. The van der Waals surface area contributed by atoms with Crippen LogP contribution in [0.5, 0.6) is 11.5 Å². The van der Waals surface area contributed by atoms with Crippen LogP contribution in [0, 0.1) is 5.82 Å². The molecule has 7 nitrogen and oxygen atoms in total. The Hall–Kier alpha value is -3.69. The average molecular weight is 486 g/mol. The number of benzene rings is 3. The normalized spacial score (nSPS) is 10.7. The second kappa shape index (κ2) is 9.43. The number of nitrogens with zero attached hydrogens (tertiary/aromatic N) is 1. The summed E-state index contributed by atoms with van der Waals surface area (Å²) in [6.45, 7) is 0. The number of anilines is 1. The van der Waals surface area contributed by atoms with Gasteiger partial charge in [-0.25, -0.2) is 9.37 Å². The molecule has 0 saturated heterocycles. The van der Waals surface area contributed by atoms with Crippen LogP contribution < -0.4 is 20.1 Å². The van der Waals surface area contributed by atoms with Crippen LogP contribution in [0.25, 0.3) is 22.6 Å². The zero-order valence-electron chi connectivity index (χ0n) is 17.4. The number of nitrogens with one attached hydrogen (secondary N) is 2. The first-order valence-electron chi connectivity index (χ1n) is 9.59. The fourth-order valence-electron chi connectivity index (χ4n) is 3.19. The number of aromatic nitrogens is 1. The van der Waals surface area contributed by atoms with E-state index in [-0.39, 0.29) is 21.6 Å². The fourth-order valence-corrected chi connectivity index (χ4v) is 3.64.